The first kappa shape index (κ1) is 26.8. The maximum absolute atomic E-state index is 12.2. The molecule has 1 amide bonds. The van der Waals surface area contributed by atoms with E-state index in [0.29, 0.717) is 6.54 Å². The van der Waals surface area contributed by atoms with Gasteiger partial charge in [0.25, 0.3) is 5.91 Å². The second kappa shape index (κ2) is 13.3. The molecule has 1 aliphatic heterocycles. The number of hydrogen-bond donors (Lipinski definition) is 1. The van der Waals surface area contributed by atoms with Crippen LogP contribution in [-0.2, 0) is 6.42 Å². The lowest BCUT2D eigenvalue weighted by Crippen LogP contribution is -2.52. The van der Waals surface area contributed by atoms with Crippen molar-refractivity contribution in [1.29, 1.82) is 0 Å². The predicted octanol–water partition coefficient (Wildman–Crippen LogP) is 3.35. The average Bonchev–Trinajstić information content (AvgIpc) is 2.83. The smallest absolute Gasteiger partial charge is 0.253 e. The minimum absolute atomic E-state index is 0. The number of nitrogens with one attached hydrogen (secondary N) is 1. The number of ether oxygens (including phenoxy) is 1. The molecular formula is C25H36IN5O2. The van der Waals surface area contributed by atoms with E-state index in [1.54, 1.807) is 26.1 Å². The van der Waals surface area contributed by atoms with E-state index in [9.17, 15) is 4.79 Å². The highest BCUT2D eigenvalue weighted by Gasteiger charge is 2.20. The van der Waals surface area contributed by atoms with Crippen LogP contribution in [0.2, 0.25) is 0 Å². The lowest BCUT2D eigenvalue weighted by atomic mass is 10.1. The third kappa shape index (κ3) is 7.52. The van der Waals surface area contributed by atoms with Gasteiger partial charge in [-0.25, -0.2) is 0 Å². The van der Waals surface area contributed by atoms with Crippen LogP contribution in [0.1, 0.15) is 22.8 Å². The molecular weight excluding hydrogens is 529 g/mol. The molecule has 7 nitrogen and oxygen atoms in total. The Morgan fingerprint density at radius 3 is 2.39 bits per heavy atom. The number of piperazine rings is 1. The van der Waals surface area contributed by atoms with Gasteiger partial charge in [-0.2, -0.15) is 0 Å². The van der Waals surface area contributed by atoms with Crippen molar-refractivity contribution in [2.45, 2.75) is 13.3 Å². The number of carbonyl (C=O) groups is 1. The van der Waals surface area contributed by atoms with Gasteiger partial charge >= 0.3 is 0 Å². The summed E-state index contributed by atoms with van der Waals surface area (Å²) in [4.78, 5) is 23.4. The number of halogens is 1. The van der Waals surface area contributed by atoms with Crippen LogP contribution in [-0.4, -0.2) is 82.1 Å². The zero-order valence-corrected chi connectivity index (χ0v) is 22.4. The van der Waals surface area contributed by atoms with Crippen molar-refractivity contribution in [2.75, 3.05) is 65.4 Å². The molecule has 33 heavy (non-hydrogen) atoms. The van der Waals surface area contributed by atoms with E-state index < -0.39 is 0 Å². The summed E-state index contributed by atoms with van der Waals surface area (Å²) in [5, 5.41) is 3.43. The fourth-order valence-corrected chi connectivity index (χ4v) is 3.80. The molecule has 8 heteroatoms. The van der Waals surface area contributed by atoms with Crippen molar-refractivity contribution in [3.8, 4) is 5.75 Å². The number of benzene rings is 2. The van der Waals surface area contributed by atoms with Crippen molar-refractivity contribution >= 4 is 41.5 Å². The fourth-order valence-electron chi connectivity index (χ4n) is 3.80. The molecule has 0 aliphatic carbocycles. The number of nitrogens with zero attached hydrogens (tertiary/aromatic N) is 4. The highest BCUT2D eigenvalue weighted by molar-refractivity contribution is 14.0. The minimum atomic E-state index is 0. The van der Waals surface area contributed by atoms with Crippen LogP contribution in [0.4, 0.5) is 5.69 Å². The summed E-state index contributed by atoms with van der Waals surface area (Å²) in [6.07, 6.45) is 0.801. The molecule has 0 atom stereocenters. The molecule has 0 saturated carbocycles. The number of methoxy groups -OCH3 is 1. The van der Waals surface area contributed by atoms with E-state index in [-0.39, 0.29) is 29.9 Å². The summed E-state index contributed by atoms with van der Waals surface area (Å²) < 4.78 is 5.26. The molecule has 1 heterocycles. The standard InChI is InChI=1S/C25H35N5O2.HI/c1-5-26-25(27-14-13-20-7-6-8-21(19-20)24(31)28(2)3)30-17-15-29(16-18-30)22-9-11-23(32-4)12-10-22;/h6-12,19H,5,13-18H2,1-4H3,(H,26,27);1H. The van der Waals surface area contributed by atoms with Gasteiger partial charge in [0.2, 0.25) is 0 Å². The molecule has 1 aliphatic rings. The van der Waals surface area contributed by atoms with Gasteiger partial charge in [0, 0.05) is 64.6 Å². The van der Waals surface area contributed by atoms with Gasteiger partial charge in [0.1, 0.15) is 5.75 Å². The number of hydrogen-bond acceptors (Lipinski definition) is 4. The largest absolute Gasteiger partial charge is 0.497 e. The maximum atomic E-state index is 12.2. The molecule has 2 aromatic carbocycles. The monoisotopic (exact) mass is 565 g/mol. The first-order valence-electron chi connectivity index (χ1n) is 11.2. The quantitative estimate of drug-likeness (QED) is 0.317. The lowest BCUT2D eigenvalue weighted by Gasteiger charge is -2.37. The molecule has 0 aromatic heterocycles. The minimum Gasteiger partial charge on any atom is -0.497 e. The Morgan fingerprint density at radius 2 is 1.79 bits per heavy atom. The van der Waals surface area contributed by atoms with Gasteiger partial charge < -0.3 is 24.8 Å². The second-order valence-corrected chi connectivity index (χ2v) is 8.06. The summed E-state index contributed by atoms with van der Waals surface area (Å²) in [7, 11) is 5.24. The molecule has 180 valence electrons. The lowest BCUT2D eigenvalue weighted by molar-refractivity contribution is 0.0827. The first-order chi connectivity index (χ1) is 15.5. The third-order valence-corrected chi connectivity index (χ3v) is 5.59. The second-order valence-electron chi connectivity index (χ2n) is 8.06. The predicted molar refractivity (Wildman–Crippen MR) is 146 cm³/mol. The molecule has 1 N–H and O–H groups in total. The van der Waals surface area contributed by atoms with Crippen molar-refractivity contribution in [3.63, 3.8) is 0 Å². The highest BCUT2D eigenvalue weighted by Crippen LogP contribution is 2.20. The van der Waals surface area contributed by atoms with Crippen molar-refractivity contribution in [1.82, 2.24) is 15.1 Å². The van der Waals surface area contributed by atoms with E-state index in [4.69, 9.17) is 9.73 Å². The average molecular weight is 566 g/mol. The van der Waals surface area contributed by atoms with E-state index >= 15 is 0 Å². The summed E-state index contributed by atoms with van der Waals surface area (Å²) in [5.41, 5.74) is 3.07. The normalized spacial score (nSPS) is 13.9. The van der Waals surface area contributed by atoms with Crippen LogP contribution in [0.25, 0.3) is 0 Å². The number of rotatable bonds is 7. The maximum Gasteiger partial charge on any atom is 0.253 e. The summed E-state index contributed by atoms with van der Waals surface area (Å²) in [6.45, 7) is 7.36. The van der Waals surface area contributed by atoms with Crippen molar-refractivity contribution < 1.29 is 9.53 Å². The van der Waals surface area contributed by atoms with Crippen LogP contribution >= 0.6 is 24.0 Å². The van der Waals surface area contributed by atoms with Gasteiger partial charge in [-0.1, -0.05) is 12.1 Å². The van der Waals surface area contributed by atoms with Crippen molar-refractivity contribution in [3.05, 3.63) is 59.7 Å². The number of guanidine groups is 1. The van der Waals surface area contributed by atoms with Gasteiger partial charge in [0.15, 0.2) is 5.96 Å². The Kier molecular flexibility index (Phi) is 10.8. The summed E-state index contributed by atoms with van der Waals surface area (Å²) in [5.74, 6) is 1.87. The zero-order valence-electron chi connectivity index (χ0n) is 20.1. The number of anilines is 1. The van der Waals surface area contributed by atoms with Crippen LogP contribution < -0.4 is 15.0 Å². The van der Waals surface area contributed by atoms with Crippen LogP contribution in [0.5, 0.6) is 5.75 Å². The number of amides is 1. The van der Waals surface area contributed by atoms with Gasteiger partial charge in [-0.15, -0.1) is 24.0 Å². The molecule has 0 spiro atoms. The molecule has 3 rings (SSSR count). The third-order valence-electron chi connectivity index (χ3n) is 5.59. The van der Waals surface area contributed by atoms with E-state index in [0.717, 1.165) is 62.0 Å². The Balaban J connectivity index is 0.00000385. The molecule has 2 aromatic rings. The topological polar surface area (TPSA) is 60.4 Å². The number of aliphatic imine (C=N–C) groups is 1. The SMILES string of the molecule is CCNC(=NCCc1cccc(C(=O)N(C)C)c1)N1CCN(c2ccc(OC)cc2)CC1.I. The van der Waals surface area contributed by atoms with E-state index in [2.05, 4.69) is 40.2 Å². The number of carbonyl (C=O) groups excluding carboxylic acids is 1. The Hall–Kier alpha value is -2.49. The van der Waals surface area contributed by atoms with Gasteiger partial charge in [-0.3, -0.25) is 9.79 Å². The van der Waals surface area contributed by atoms with Gasteiger partial charge in [-0.05, 0) is 55.3 Å². The van der Waals surface area contributed by atoms with Gasteiger partial charge in [0.05, 0.1) is 7.11 Å². The Morgan fingerprint density at radius 1 is 1.09 bits per heavy atom. The van der Waals surface area contributed by atoms with E-state index in [1.165, 1.54) is 5.69 Å². The first-order valence-corrected chi connectivity index (χ1v) is 11.2. The summed E-state index contributed by atoms with van der Waals surface area (Å²) >= 11 is 0. The summed E-state index contributed by atoms with van der Waals surface area (Å²) in [6, 6.07) is 16.1. The Labute approximate surface area is 214 Å². The van der Waals surface area contributed by atoms with Crippen LogP contribution in [0, 0.1) is 0 Å². The highest BCUT2D eigenvalue weighted by atomic mass is 127. The van der Waals surface area contributed by atoms with Crippen LogP contribution in [0.3, 0.4) is 0 Å². The Bertz CT molecular complexity index is 909. The zero-order chi connectivity index (χ0) is 22.9. The fraction of sp³-hybridized carbons (Fsp3) is 0.440. The molecule has 1 saturated heterocycles. The molecule has 1 fully saturated rings. The molecule has 0 radical (unpaired) electrons. The van der Waals surface area contributed by atoms with Crippen LogP contribution in [0.15, 0.2) is 53.5 Å². The molecule has 0 bridgehead atoms. The van der Waals surface area contributed by atoms with Crippen molar-refractivity contribution in [2.24, 2.45) is 4.99 Å². The molecule has 0 unspecified atom stereocenters. The van der Waals surface area contributed by atoms with E-state index in [1.807, 2.05) is 30.3 Å².